The molecule has 0 aliphatic carbocycles. The predicted molar refractivity (Wildman–Crippen MR) is 144 cm³/mol. The number of aromatic nitrogens is 3. The number of hydrogen-bond donors (Lipinski definition) is 1. The molecule has 1 aliphatic heterocycles. The van der Waals surface area contributed by atoms with Crippen LogP contribution in [0.25, 0.3) is 11.3 Å². The highest BCUT2D eigenvalue weighted by Gasteiger charge is 2.42. The SMILES string of the molecule is COc1ccc(-c2n[nH]c3c2C(c2ccc(OCc4ccccc4)cc2)N(Cc2ccncc2)C3=O)cc1. The third-order valence-electron chi connectivity index (χ3n) is 6.77. The molecule has 1 aliphatic rings. The molecule has 3 aromatic carbocycles. The van der Waals surface area contributed by atoms with E-state index in [1.54, 1.807) is 19.5 Å². The van der Waals surface area contributed by atoms with E-state index in [0.29, 0.717) is 18.8 Å². The van der Waals surface area contributed by atoms with Gasteiger partial charge in [-0.25, -0.2) is 0 Å². The van der Waals surface area contributed by atoms with Crippen molar-refractivity contribution in [1.29, 1.82) is 0 Å². The Bertz CT molecular complexity index is 1530. The van der Waals surface area contributed by atoms with Gasteiger partial charge in [0.05, 0.1) is 18.8 Å². The number of nitrogens with zero attached hydrogens (tertiary/aromatic N) is 3. The quantitative estimate of drug-likeness (QED) is 0.290. The first-order valence-corrected chi connectivity index (χ1v) is 12.4. The van der Waals surface area contributed by atoms with Crippen molar-refractivity contribution >= 4 is 5.91 Å². The molecule has 0 fully saturated rings. The van der Waals surface area contributed by atoms with Crippen LogP contribution in [-0.4, -0.2) is 33.1 Å². The number of methoxy groups -OCH3 is 1. The number of carbonyl (C=O) groups excluding carboxylic acids is 1. The van der Waals surface area contributed by atoms with Gasteiger partial charge < -0.3 is 14.4 Å². The summed E-state index contributed by atoms with van der Waals surface area (Å²) in [7, 11) is 1.64. The van der Waals surface area contributed by atoms with Gasteiger partial charge in [-0.2, -0.15) is 5.10 Å². The Morgan fingerprint density at radius 3 is 2.26 bits per heavy atom. The number of fused-ring (bicyclic) bond motifs is 1. The first kappa shape index (κ1) is 23.5. The van der Waals surface area contributed by atoms with Crippen LogP contribution in [0.4, 0.5) is 0 Å². The summed E-state index contributed by atoms with van der Waals surface area (Å²) in [5, 5.41) is 7.58. The number of aromatic amines is 1. The molecule has 0 saturated heterocycles. The zero-order valence-electron chi connectivity index (χ0n) is 20.9. The molecule has 1 unspecified atom stereocenters. The molecule has 188 valence electrons. The van der Waals surface area contributed by atoms with Gasteiger partial charge in [0.25, 0.3) is 5.91 Å². The van der Waals surface area contributed by atoms with Crippen molar-refractivity contribution in [3.63, 3.8) is 0 Å². The molecule has 5 aromatic rings. The Hall–Kier alpha value is -4.91. The molecule has 0 saturated carbocycles. The number of ether oxygens (including phenoxy) is 2. The van der Waals surface area contributed by atoms with Gasteiger partial charge in [-0.15, -0.1) is 0 Å². The molecule has 1 amide bonds. The molecular weight excluding hydrogens is 476 g/mol. The lowest BCUT2D eigenvalue weighted by Gasteiger charge is -2.26. The lowest BCUT2D eigenvalue weighted by molar-refractivity contribution is 0.0730. The number of amides is 1. The highest BCUT2D eigenvalue weighted by atomic mass is 16.5. The standard InChI is InChI=1S/C31H26N4O3/c1-37-25-11-7-23(8-12-25)28-27-29(34-33-28)31(36)35(19-21-15-17-32-18-16-21)30(27)24-9-13-26(14-10-24)38-20-22-5-3-2-4-6-22/h2-18,30H,19-20H2,1H3,(H,33,34). The third kappa shape index (κ3) is 4.50. The molecular formula is C31H26N4O3. The maximum atomic E-state index is 13.7. The summed E-state index contributed by atoms with van der Waals surface area (Å²) in [5.41, 5.74) is 6.14. The van der Waals surface area contributed by atoms with Gasteiger partial charge in [0.1, 0.15) is 23.8 Å². The van der Waals surface area contributed by atoms with Gasteiger partial charge in [0.2, 0.25) is 0 Å². The van der Waals surface area contributed by atoms with Crippen molar-refractivity contribution in [3.8, 4) is 22.8 Å². The van der Waals surface area contributed by atoms with E-state index in [0.717, 1.165) is 45.0 Å². The minimum absolute atomic E-state index is 0.0847. The van der Waals surface area contributed by atoms with Crippen LogP contribution in [0.5, 0.6) is 11.5 Å². The minimum atomic E-state index is -0.315. The maximum Gasteiger partial charge on any atom is 0.273 e. The summed E-state index contributed by atoms with van der Waals surface area (Å²) in [6.45, 7) is 0.937. The van der Waals surface area contributed by atoms with Gasteiger partial charge in [0.15, 0.2) is 0 Å². The summed E-state index contributed by atoms with van der Waals surface area (Å²) >= 11 is 0. The number of carbonyl (C=O) groups is 1. The Morgan fingerprint density at radius 1 is 0.842 bits per heavy atom. The number of benzene rings is 3. The molecule has 0 bridgehead atoms. The average molecular weight is 503 g/mol. The lowest BCUT2D eigenvalue weighted by Crippen LogP contribution is -2.29. The Morgan fingerprint density at radius 2 is 1.55 bits per heavy atom. The molecule has 7 heteroatoms. The van der Waals surface area contributed by atoms with Gasteiger partial charge >= 0.3 is 0 Å². The maximum absolute atomic E-state index is 13.7. The number of pyridine rings is 1. The van der Waals surface area contributed by atoms with Gasteiger partial charge in [0, 0.05) is 30.1 Å². The van der Waals surface area contributed by atoms with E-state index in [2.05, 4.69) is 15.2 Å². The number of H-pyrrole nitrogens is 1. The normalized spacial score (nSPS) is 14.4. The molecule has 6 rings (SSSR count). The molecule has 0 spiro atoms. The van der Waals surface area contributed by atoms with Crippen LogP contribution in [0, 0.1) is 0 Å². The van der Waals surface area contributed by atoms with Crippen LogP contribution in [0.3, 0.4) is 0 Å². The Labute approximate surface area is 220 Å². The summed E-state index contributed by atoms with van der Waals surface area (Å²) < 4.78 is 11.3. The van der Waals surface area contributed by atoms with E-state index in [4.69, 9.17) is 9.47 Å². The van der Waals surface area contributed by atoms with Crippen molar-refractivity contribution in [2.45, 2.75) is 19.2 Å². The molecule has 1 N–H and O–H groups in total. The molecule has 38 heavy (non-hydrogen) atoms. The first-order valence-electron chi connectivity index (χ1n) is 12.4. The zero-order chi connectivity index (χ0) is 25.9. The number of nitrogens with one attached hydrogen (secondary N) is 1. The molecule has 0 radical (unpaired) electrons. The van der Waals surface area contributed by atoms with Crippen LogP contribution in [0.1, 0.15) is 38.8 Å². The lowest BCUT2D eigenvalue weighted by atomic mass is 9.96. The summed E-state index contributed by atoms with van der Waals surface area (Å²) in [4.78, 5) is 19.6. The highest BCUT2D eigenvalue weighted by molar-refractivity contribution is 6.00. The van der Waals surface area contributed by atoms with E-state index in [9.17, 15) is 4.79 Å². The van der Waals surface area contributed by atoms with Crippen molar-refractivity contribution in [1.82, 2.24) is 20.1 Å². The van der Waals surface area contributed by atoms with Crippen LogP contribution >= 0.6 is 0 Å². The fourth-order valence-electron chi connectivity index (χ4n) is 4.85. The largest absolute Gasteiger partial charge is 0.497 e. The second kappa shape index (κ2) is 10.2. The second-order valence-corrected chi connectivity index (χ2v) is 9.12. The predicted octanol–water partition coefficient (Wildman–Crippen LogP) is 5.80. The van der Waals surface area contributed by atoms with Gasteiger partial charge in [-0.1, -0.05) is 42.5 Å². The smallest absolute Gasteiger partial charge is 0.273 e. The first-order chi connectivity index (χ1) is 18.7. The number of rotatable bonds is 8. The van der Waals surface area contributed by atoms with Crippen molar-refractivity contribution < 1.29 is 14.3 Å². The van der Waals surface area contributed by atoms with E-state index in [-0.39, 0.29) is 11.9 Å². The average Bonchev–Trinajstić information content (AvgIpc) is 3.52. The summed E-state index contributed by atoms with van der Waals surface area (Å²) in [6, 6.07) is 29.3. The summed E-state index contributed by atoms with van der Waals surface area (Å²) in [5.74, 6) is 1.45. The third-order valence-corrected chi connectivity index (χ3v) is 6.77. The summed E-state index contributed by atoms with van der Waals surface area (Å²) in [6.07, 6.45) is 3.49. The van der Waals surface area contributed by atoms with Crippen LogP contribution in [0.15, 0.2) is 103 Å². The van der Waals surface area contributed by atoms with E-state index in [1.807, 2.05) is 95.9 Å². The van der Waals surface area contributed by atoms with Gasteiger partial charge in [-0.05, 0) is 65.2 Å². The van der Waals surface area contributed by atoms with Crippen molar-refractivity contribution in [2.75, 3.05) is 7.11 Å². The van der Waals surface area contributed by atoms with Crippen LogP contribution in [-0.2, 0) is 13.2 Å². The van der Waals surface area contributed by atoms with Crippen molar-refractivity contribution in [3.05, 3.63) is 131 Å². The van der Waals surface area contributed by atoms with E-state index in [1.165, 1.54) is 0 Å². The number of hydrogen-bond acceptors (Lipinski definition) is 5. The molecule has 1 atom stereocenters. The molecule has 3 heterocycles. The van der Waals surface area contributed by atoms with Crippen LogP contribution in [0.2, 0.25) is 0 Å². The fraction of sp³-hybridized carbons (Fsp3) is 0.129. The van der Waals surface area contributed by atoms with Gasteiger partial charge in [-0.3, -0.25) is 14.9 Å². The van der Waals surface area contributed by atoms with E-state index >= 15 is 0 Å². The highest BCUT2D eigenvalue weighted by Crippen LogP contribution is 2.44. The zero-order valence-corrected chi connectivity index (χ0v) is 20.9. The van der Waals surface area contributed by atoms with Crippen molar-refractivity contribution in [2.24, 2.45) is 0 Å². The topological polar surface area (TPSA) is 80.3 Å². The monoisotopic (exact) mass is 502 g/mol. The molecule has 2 aromatic heterocycles. The second-order valence-electron chi connectivity index (χ2n) is 9.12. The Kier molecular flexibility index (Phi) is 6.32. The molecule has 7 nitrogen and oxygen atoms in total. The fourth-order valence-corrected chi connectivity index (χ4v) is 4.85. The van der Waals surface area contributed by atoms with E-state index < -0.39 is 0 Å². The minimum Gasteiger partial charge on any atom is -0.497 e. The Balaban J connectivity index is 1.35. The van der Waals surface area contributed by atoms with Crippen LogP contribution < -0.4 is 9.47 Å².